The number of methoxy groups -OCH3 is 1. The maximum atomic E-state index is 10.3. The van der Waals surface area contributed by atoms with E-state index in [1.54, 1.807) is 7.11 Å². The Morgan fingerprint density at radius 3 is 2.25 bits per heavy atom. The van der Waals surface area contributed by atoms with Gasteiger partial charge in [-0.15, -0.1) is 0 Å². The highest BCUT2D eigenvalue weighted by molar-refractivity contribution is 7.67. The van der Waals surface area contributed by atoms with Gasteiger partial charge in [-0.25, -0.2) is 0 Å². The summed E-state index contributed by atoms with van der Waals surface area (Å²) in [6.45, 7) is 0. The molecular formula is C13H13O2P. The largest absolute Gasteiger partial charge is 0.496 e. The van der Waals surface area contributed by atoms with E-state index in [1.165, 1.54) is 0 Å². The molecule has 0 bridgehead atoms. The zero-order valence-corrected chi connectivity index (χ0v) is 9.89. The molecule has 0 fully saturated rings. The van der Waals surface area contributed by atoms with Gasteiger partial charge in [-0.2, -0.15) is 0 Å². The summed E-state index contributed by atoms with van der Waals surface area (Å²) in [7, 11) is 0.296. The second kappa shape index (κ2) is 5.11. The predicted octanol–water partition coefficient (Wildman–Crippen LogP) is 2.04. The van der Waals surface area contributed by atoms with Crippen LogP contribution in [0.25, 0.3) is 0 Å². The Morgan fingerprint density at radius 1 is 0.938 bits per heavy atom. The number of hydrogen-bond acceptors (Lipinski definition) is 2. The molecule has 0 aliphatic heterocycles. The van der Waals surface area contributed by atoms with Gasteiger partial charge in [0.15, 0.2) is 0 Å². The molecule has 16 heavy (non-hydrogen) atoms. The van der Waals surface area contributed by atoms with Crippen molar-refractivity contribution in [1.29, 1.82) is 0 Å². The zero-order valence-electron chi connectivity index (χ0n) is 9.00. The van der Waals surface area contributed by atoms with Crippen LogP contribution >= 0.6 is 8.15 Å². The quantitative estimate of drug-likeness (QED) is 0.820. The van der Waals surface area contributed by atoms with Crippen LogP contribution in [0, 0.1) is 0 Å². The van der Waals surface area contributed by atoms with Gasteiger partial charge >= 0.3 is 0 Å². The van der Waals surface area contributed by atoms with E-state index in [2.05, 4.69) is 0 Å². The molecule has 2 aromatic rings. The van der Waals surface area contributed by atoms with E-state index in [9.17, 15) is 4.89 Å². The van der Waals surface area contributed by atoms with Gasteiger partial charge < -0.3 is 9.63 Å². The zero-order chi connectivity index (χ0) is 11.4. The Bertz CT molecular complexity index is 456. The minimum atomic E-state index is -1.32. The van der Waals surface area contributed by atoms with Crippen molar-refractivity contribution in [3.05, 3.63) is 54.6 Å². The highest BCUT2D eigenvalue weighted by Crippen LogP contribution is 2.31. The number of para-hydroxylation sites is 1. The lowest BCUT2D eigenvalue weighted by Gasteiger charge is -2.14. The summed E-state index contributed by atoms with van der Waals surface area (Å²) >= 11 is 0. The SMILES string of the molecule is COc1ccccc1P(O)c1ccccc1. The standard InChI is InChI=1S/C13H13O2P/c1-15-12-9-5-6-10-13(12)16(14)11-7-3-2-4-8-11/h2-10,14H,1H3. The number of benzene rings is 2. The normalized spacial score (nSPS) is 12.1. The summed E-state index contributed by atoms with van der Waals surface area (Å²) in [6, 6.07) is 17.2. The first-order chi connectivity index (χ1) is 7.83. The molecule has 1 atom stereocenters. The second-order valence-corrected chi connectivity index (χ2v) is 4.94. The number of rotatable bonds is 3. The van der Waals surface area contributed by atoms with E-state index < -0.39 is 8.15 Å². The number of ether oxygens (including phenoxy) is 1. The van der Waals surface area contributed by atoms with E-state index >= 15 is 0 Å². The average molecular weight is 232 g/mol. The average Bonchev–Trinajstić information content (AvgIpc) is 2.39. The predicted molar refractivity (Wildman–Crippen MR) is 67.8 cm³/mol. The molecule has 0 aliphatic rings. The summed E-state index contributed by atoms with van der Waals surface area (Å²) in [4.78, 5) is 10.3. The molecule has 0 saturated carbocycles. The van der Waals surface area contributed by atoms with E-state index in [4.69, 9.17) is 4.74 Å². The van der Waals surface area contributed by atoms with Crippen molar-refractivity contribution < 1.29 is 9.63 Å². The summed E-state index contributed by atoms with van der Waals surface area (Å²) in [5.41, 5.74) is 0. The molecule has 82 valence electrons. The molecule has 0 saturated heterocycles. The van der Waals surface area contributed by atoms with Crippen molar-refractivity contribution >= 4 is 18.8 Å². The Kier molecular flexibility index (Phi) is 3.55. The van der Waals surface area contributed by atoms with Gasteiger partial charge in [0, 0.05) is 10.6 Å². The maximum absolute atomic E-state index is 10.3. The van der Waals surface area contributed by atoms with Crippen molar-refractivity contribution in [3.8, 4) is 5.75 Å². The third-order valence-corrected chi connectivity index (χ3v) is 3.93. The Labute approximate surface area is 96.3 Å². The summed E-state index contributed by atoms with van der Waals surface area (Å²) < 4.78 is 5.24. The molecule has 3 heteroatoms. The topological polar surface area (TPSA) is 29.5 Å². The fourth-order valence-electron chi connectivity index (χ4n) is 1.51. The van der Waals surface area contributed by atoms with Gasteiger partial charge in [0.1, 0.15) is 5.75 Å². The highest BCUT2D eigenvalue weighted by Gasteiger charge is 2.14. The monoisotopic (exact) mass is 232 g/mol. The third-order valence-electron chi connectivity index (χ3n) is 2.31. The van der Waals surface area contributed by atoms with Crippen molar-refractivity contribution in [3.63, 3.8) is 0 Å². The molecule has 1 unspecified atom stereocenters. The maximum Gasteiger partial charge on any atom is 0.129 e. The first-order valence-electron chi connectivity index (χ1n) is 5.00. The van der Waals surface area contributed by atoms with Crippen molar-refractivity contribution in [1.82, 2.24) is 0 Å². The molecule has 0 spiro atoms. The lowest BCUT2D eigenvalue weighted by molar-refractivity contribution is 0.418. The Morgan fingerprint density at radius 2 is 1.56 bits per heavy atom. The van der Waals surface area contributed by atoms with Crippen LogP contribution in [0.15, 0.2) is 54.6 Å². The van der Waals surface area contributed by atoms with Crippen LogP contribution in [0.3, 0.4) is 0 Å². The minimum Gasteiger partial charge on any atom is -0.496 e. The molecular weight excluding hydrogens is 219 g/mol. The fourth-order valence-corrected chi connectivity index (χ4v) is 2.85. The van der Waals surface area contributed by atoms with Gasteiger partial charge in [0.25, 0.3) is 0 Å². The molecule has 0 radical (unpaired) electrons. The van der Waals surface area contributed by atoms with Crippen molar-refractivity contribution in [2.45, 2.75) is 0 Å². The van der Waals surface area contributed by atoms with Crippen LogP contribution in [0.4, 0.5) is 0 Å². The Balaban J connectivity index is 2.37. The molecule has 1 N–H and O–H groups in total. The van der Waals surface area contributed by atoms with Gasteiger partial charge in [-0.3, -0.25) is 0 Å². The second-order valence-electron chi connectivity index (χ2n) is 3.32. The lowest BCUT2D eigenvalue weighted by atomic mass is 10.3. The van der Waals surface area contributed by atoms with Gasteiger partial charge in [-0.1, -0.05) is 42.5 Å². The molecule has 0 aliphatic carbocycles. The molecule has 0 aromatic heterocycles. The molecule has 2 nitrogen and oxygen atoms in total. The van der Waals surface area contributed by atoms with Gasteiger partial charge in [0.05, 0.1) is 15.3 Å². The first kappa shape index (κ1) is 11.1. The third kappa shape index (κ3) is 2.24. The van der Waals surface area contributed by atoms with Crippen LogP contribution in [0.1, 0.15) is 0 Å². The molecule has 2 rings (SSSR count). The van der Waals surface area contributed by atoms with Crippen LogP contribution < -0.4 is 15.3 Å². The smallest absolute Gasteiger partial charge is 0.129 e. The van der Waals surface area contributed by atoms with Crippen LogP contribution in [-0.2, 0) is 0 Å². The number of hydrogen-bond donors (Lipinski definition) is 1. The van der Waals surface area contributed by atoms with E-state index in [1.807, 2.05) is 54.6 Å². The summed E-state index contributed by atoms with van der Waals surface area (Å²) in [5.74, 6) is 0.736. The van der Waals surface area contributed by atoms with Crippen LogP contribution in [-0.4, -0.2) is 12.0 Å². The lowest BCUT2D eigenvalue weighted by Crippen LogP contribution is -2.13. The van der Waals surface area contributed by atoms with Crippen molar-refractivity contribution in [2.75, 3.05) is 7.11 Å². The fraction of sp³-hybridized carbons (Fsp3) is 0.0769. The summed E-state index contributed by atoms with van der Waals surface area (Å²) in [6.07, 6.45) is 0. The van der Waals surface area contributed by atoms with E-state index in [0.29, 0.717) is 0 Å². The van der Waals surface area contributed by atoms with E-state index in [-0.39, 0.29) is 0 Å². The first-order valence-corrected chi connectivity index (χ1v) is 6.29. The van der Waals surface area contributed by atoms with Gasteiger partial charge in [-0.05, 0) is 12.1 Å². The molecule has 2 aromatic carbocycles. The van der Waals surface area contributed by atoms with Crippen LogP contribution in [0.2, 0.25) is 0 Å². The highest BCUT2D eigenvalue weighted by atomic mass is 31.1. The Hall–Kier alpha value is -1.37. The molecule has 0 amide bonds. The minimum absolute atomic E-state index is 0.736. The van der Waals surface area contributed by atoms with Crippen molar-refractivity contribution in [2.24, 2.45) is 0 Å². The van der Waals surface area contributed by atoms with Crippen LogP contribution in [0.5, 0.6) is 5.75 Å². The summed E-state index contributed by atoms with van der Waals surface area (Å²) in [5, 5.41) is 1.79. The van der Waals surface area contributed by atoms with E-state index in [0.717, 1.165) is 16.4 Å². The van der Waals surface area contributed by atoms with Gasteiger partial charge in [0.2, 0.25) is 0 Å². The molecule has 0 heterocycles.